The molecule has 1 aromatic rings. The van der Waals surface area contributed by atoms with Gasteiger partial charge in [0, 0.05) is 5.92 Å². The second-order valence-corrected chi connectivity index (χ2v) is 5.47. The van der Waals surface area contributed by atoms with Crippen molar-refractivity contribution in [2.45, 2.75) is 18.5 Å². The Balaban J connectivity index is 2.91. The third-order valence-corrected chi connectivity index (χ3v) is 3.12. The van der Waals surface area contributed by atoms with Crippen LogP contribution in [0, 0.1) is 0 Å². The molecule has 0 aliphatic heterocycles. The molecule has 17 heavy (non-hydrogen) atoms. The maximum atomic E-state index is 12.3. The maximum Gasteiger partial charge on any atom is 0.389 e. The highest BCUT2D eigenvalue weighted by Crippen LogP contribution is 2.43. The first kappa shape index (κ1) is 14.2. The van der Waals surface area contributed by atoms with Crippen LogP contribution in [0.2, 0.25) is 0 Å². The number of hydrogen-bond acceptors (Lipinski definition) is 1. The van der Waals surface area contributed by atoms with Crippen LogP contribution < -0.4 is 0 Å². The summed E-state index contributed by atoms with van der Waals surface area (Å²) in [6, 6.07) is 7.58. The summed E-state index contributed by atoms with van der Waals surface area (Å²) in [4.78, 5) is 17.6. The fraction of sp³-hybridized carbons (Fsp3) is 0.400. The molecule has 0 aromatic heterocycles. The molecule has 0 saturated heterocycles. The molecular weight excluding hydrogens is 256 g/mol. The predicted molar refractivity (Wildman–Crippen MR) is 56.8 cm³/mol. The summed E-state index contributed by atoms with van der Waals surface area (Å²) in [7, 11) is -4.47. The fourth-order valence-corrected chi connectivity index (χ4v) is 2.49. The second-order valence-electron chi connectivity index (χ2n) is 3.77. The van der Waals surface area contributed by atoms with Crippen LogP contribution in [0.1, 0.15) is 17.9 Å². The Bertz CT molecular complexity index is 399. The monoisotopic (exact) mass is 268 g/mol. The van der Waals surface area contributed by atoms with Gasteiger partial charge in [-0.3, -0.25) is 4.57 Å². The number of benzene rings is 1. The van der Waals surface area contributed by atoms with E-state index >= 15 is 0 Å². The minimum atomic E-state index is -4.47. The van der Waals surface area contributed by atoms with Gasteiger partial charge >= 0.3 is 13.8 Å². The zero-order valence-electron chi connectivity index (χ0n) is 8.76. The van der Waals surface area contributed by atoms with Gasteiger partial charge in [0.2, 0.25) is 0 Å². The van der Waals surface area contributed by atoms with E-state index in [-0.39, 0.29) is 5.56 Å². The highest BCUT2D eigenvalue weighted by Gasteiger charge is 2.35. The van der Waals surface area contributed by atoms with Crippen LogP contribution in [0.5, 0.6) is 0 Å². The van der Waals surface area contributed by atoms with Gasteiger partial charge in [-0.05, 0) is 5.56 Å². The van der Waals surface area contributed by atoms with Gasteiger partial charge in [-0.15, -0.1) is 0 Å². The molecule has 1 atom stereocenters. The second kappa shape index (κ2) is 5.21. The number of alkyl halides is 3. The molecule has 0 aliphatic carbocycles. The number of halogens is 3. The van der Waals surface area contributed by atoms with E-state index in [1.165, 1.54) is 12.1 Å². The molecule has 0 amide bonds. The minimum Gasteiger partial charge on any atom is -0.324 e. The maximum absolute atomic E-state index is 12.3. The van der Waals surface area contributed by atoms with Gasteiger partial charge in [0.05, 0.1) is 12.6 Å². The summed E-state index contributed by atoms with van der Waals surface area (Å²) in [6.07, 6.45) is -6.48. The summed E-state index contributed by atoms with van der Waals surface area (Å²) in [5.74, 6) is -1.21. The van der Waals surface area contributed by atoms with Crippen LogP contribution >= 0.6 is 7.60 Å². The van der Waals surface area contributed by atoms with E-state index in [0.717, 1.165) is 0 Å². The average Bonchev–Trinajstić information content (AvgIpc) is 2.14. The van der Waals surface area contributed by atoms with Gasteiger partial charge in [-0.25, -0.2) is 0 Å². The Kier molecular flexibility index (Phi) is 4.36. The number of rotatable bonds is 4. The van der Waals surface area contributed by atoms with Crippen LogP contribution in [0.25, 0.3) is 0 Å². The van der Waals surface area contributed by atoms with Gasteiger partial charge in [0.1, 0.15) is 0 Å². The zero-order valence-corrected chi connectivity index (χ0v) is 9.66. The number of hydrogen-bond donors (Lipinski definition) is 2. The lowest BCUT2D eigenvalue weighted by Crippen LogP contribution is -2.16. The van der Waals surface area contributed by atoms with Crippen molar-refractivity contribution in [2.75, 3.05) is 6.16 Å². The molecule has 1 rings (SSSR count). The van der Waals surface area contributed by atoms with Crippen molar-refractivity contribution in [3.8, 4) is 0 Å². The van der Waals surface area contributed by atoms with Crippen molar-refractivity contribution < 1.29 is 27.5 Å². The van der Waals surface area contributed by atoms with Crippen LogP contribution in [0.4, 0.5) is 13.2 Å². The molecule has 1 aromatic carbocycles. The van der Waals surface area contributed by atoms with Gasteiger partial charge in [-0.1, -0.05) is 30.3 Å². The lowest BCUT2D eigenvalue weighted by atomic mass is 9.97. The van der Waals surface area contributed by atoms with Crippen molar-refractivity contribution in [1.82, 2.24) is 0 Å². The molecule has 96 valence electrons. The topological polar surface area (TPSA) is 57.5 Å². The SMILES string of the molecule is O=P(O)(O)CC(CC(F)(F)F)c1ccccc1. The first-order valence-corrected chi connectivity index (χ1v) is 6.63. The highest BCUT2D eigenvalue weighted by molar-refractivity contribution is 7.51. The van der Waals surface area contributed by atoms with Gasteiger partial charge < -0.3 is 9.79 Å². The fourth-order valence-electron chi connectivity index (χ4n) is 1.58. The van der Waals surface area contributed by atoms with Gasteiger partial charge in [-0.2, -0.15) is 13.2 Å². The van der Waals surface area contributed by atoms with E-state index in [9.17, 15) is 17.7 Å². The summed E-state index contributed by atoms with van der Waals surface area (Å²) in [5, 5.41) is 0. The summed E-state index contributed by atoms with van der Waals surface area (Å²) < 4.78 is 47.8. The van der Waals surface area contributed by atoms with Crippen molar-refractivity contribution in [1.29, 1.82) is 0 Å². The first-order valence-electron chi connectivity index (χ1n) is 4.84. The molecule has 0 fully saturated rings. The van der Waals surface area contributed by atoms with E-state index in [1.54, 1.807) is 18.2 Å². The largest absolute Gasteiger partial charge is 0.389 e. The molecule has 0 spiro atoms. The molecule has 1 unspecified atom stereocenters. The van der Waals surface area contributed by atoms with Crippen LogP contribution in [0.3, 0.4) is 0 Å². The van der Waals surface area contributed by atoms with E-state index in [0.29, 0.717) is 0 Å². The van der Waals surface area contributed by atoms with Crippen molar-refractivity contribution in [3.05, 3.63) is 35.9 Å². The summed E-state index contributed by atoms with van der Waals surface area (Å²) in [6.45, 7) is 0. The molecule has 7 heteroatoms. The van der Waals surface area contributed by atoms with Gasteiger partial charge in [0.25, 0.3) is 0 Å². The van der Waals surface area contributed by atoms with E-state index in [2.05, 4.69) is 0 Å². The molecule has 0 radical (unpaired) electrons. The zero-order chi connectivity index (χ0) is 13.1. The molecule has 0 bridgehead atoms. The van der Waals surface area contributed by atoms with Gasteiger partial charge in [0.15, 0.2) is 0 Å². The molecule has 2 N–H and O–H groups in total. The van der Waals surface area contributed by atoms with E-state index < -0.39 is 32.3 Å². The van der Waals surface area contributed by atoms with Crippen molar-refractivity contribution in [2.24, 2.45) is 0 Å². The standard InChI is InChI=1S/C10H12F3O3P/c11-10(12,13)6-9(7-17(14,15)16)8-4-2-1-3-5-8/h1-5,9H,6-7H2,(H2,14,15,16). The smallest absolute Gasteiger partial charge is 0.324 e. The minimum absolute atomic E-state index is 0.285. The average molecular weight is 268 g/mol. The Hall–Kier alpha value is -0.840. The van der Waals surface area contributed by atoms with Crippen LogP contribution in [-0.4, -0.2) is 22.1 Å². The lowest BCUT2D eigenvalue weighted by Gasteiger charge is -2.19. The Morgan fingerprint density at radius 1 is 1.18 bits per heavy atom. The molecule has 3 nitrogen and oxygen atoms in total. The third kappa shape index (κ3) is 5.86. The first-order chi connectivity index (χ1) is 7.67. The Morgan fingerprint density at radius 2 is 1.71 bits per heavy atom. The normalized spacial score (nSPS) is 14.6. The molecular formula is C10H12F3O3P. The molecule has 0 heterocycles. The highest BCUT2D eigenvalue weighted by atomic mass is 31.2. The summed E-state index contributed by atoms with van der Waals surface area (Å²) >= 11 is 0. The Labute approximate surface area is 96.4 Å². The quantitative estimate of drug-likeness (QED) is 0.825. The van der Waals surface area contributed by atoms with E-state index in [1.807, 2.05) is 0 Å². The van der Waals surface area contributed by atoms with Crippen LogP contribution in [-0.2, 0) is 4.57 Å². The molecule has 0 aliphatic rings. The van der Waals surface area contributed by atoms with Crippen molar-refractivity contribution >= 4 is 7.60 Å². The molecule has 0 saturated carbocycles. The third-order valence-electron chi connectivity index (χ3n) is 2.21. The van der Waals surface area contributed by atoms with Crippen LogP contribution in [0.15, 0.2) is 30.3 Å². The Morgan fingerprint density at radius 3 is 2.12 bits per heavy atom. The predicted octanol–water partition coefficient (Wildman–Crippen LogP) is 2.90. The van der Waals surface area contributed by atoms with E-state index in [4.69, 9.17) is 9.79 Å². The lowest BCUT2D eigenvalue weighted by molar-refractivity contribution is -0.137. The summed E-state index contributed by atoms with van der Waals surface area (Å²) in [5.41, 5.74) is 0.285. The van der Waals surface area contributed by atoms with Crippen molar-refractivity contribution in [3.63, 3.8) is 0 Å².